The van der Waals surface area contributed by atoms with E-state index in [1.165, 1.54) is 161 Å². The number of rotatable bonds is 58. The van der Waals surface area contributed by atoms with Crippen molar-refractivity contribution in [2.24, 2.45) is 0 Å². The normalized spacial score (nSPS) is 27.7. The fraction of sp³-hybridized carbons (Fsp3) is 0.853. The third kappa shape index (κ3) is 37.1. The second-order valence-electron chi connectivity index (χ2n) is 26.7. The summed E-state index contributed by atoms with van der Waals surface area (Å²) in [6.45, 7) is 1.70. The van der Waals surface area contributed by atoms with Gasteiger partial charge in [0.05, 0.1) is 38.6 Å². The molecule has 0 aromatic rings. The molecule has 3 rings (SSSR count). The highest BCUT2D eigenvalue weighted by Gasteiger charge is 2.53. The minimum atomic E-state index is -1.99. The second kappa shape index (κ2) is 56.3. The van der Waals surface area contributed by atoms with Crippen molar-refractivity contribution in [3.8, 4) is 0 Å². The molecule has 3 fully saturated rings. The number of nitrogens with one attached hydrogen (secondary N) is 1. The average molecular weight is 1340 g/mol. The van der Waals surface area contributed by atoms with Crippen LogP contribution in [0.1, 0.15) is 277 Å². The Labute approximate surface area is 566 Å². The van der Waals surface area contributed by atoms with Gasteiger partial charge in [0.1, 0.15) is 73.2 Å². The molecule has 0 aliphatic carbocycles. The van der Waals surface area contributed by atoms with Crippen LogP contribution in [0.5, 0.6) is 0 Å². The molecule has 12 N–H and O–H groups in total. The Hall–Kier alpha value is -2.51. The van der Waals surface area contributed by atoms with Crippen molar-refractivity contribution >= 4 is 5.91 Å². The molecule has 19 nitrogen and oxygen atoms in total. The van der Waals surface area contributed by atoms with E-state index >= 15 is 0 Å². The van der Waals surface area contributed by atoms with Gasteiger partial charge in [0.2, 0.25) is 5.91 Å². The maximum Gasteiger partial charge on any atom is 0.220 e. The maximum absolute atomic E-state index is 13.4. The highest BCUT2D eigenvalue weighted by molar-refractivity contribution is 5.76. The van der Waals surface area contributed by atoms with E-state index in [2.05, 4.69) is 67.8 Å². The first kappa shape index (κ1) is 85.7. The Morgan fingerprint density at radius 2 is 0.713 bits per heavy atom. The number of aliphatic hydroxyl groups is 11. The molecule has 3 aliphatic heterocycles. The predicted octanol–water partition coefficient (Wildman–Crippen LogP) is 11.1. The van der Waals surface area contributed by atoms with Crippen molar-refractivity contribution < 1.29 is 89.4 Å². The van der Waals surface area contributed by atoms with E-state index in [4.69, 9.17) is 28.4 Å². The number of carbonyl (C=O) groups excluding carboxylic acids is 1. The summed E-state index contributed by atoms with van der Waals surface area (Å²) in [4.78, 5) is 13.4. The summed E-state index contributed by atoms with van der Waals surface area (Å²) < 4.78 is 34.3. The quantitative estimate of drug-likeness (QED) is 0.0199. The van der Waals surface area contributed by atoms with Crippen LogP contribution < -0.4 is 5.32 Å². The van der Waals surface area contributed by atoms with Crippen molar-refractivity contribution in [2.75, 3.05) is 26.4 Å². The van der Waals surface area contributed by atoms with Crippen molar-refractivity contribution in [3.63, 3.8) is 0 Å². The van der Waals surface area contributed by atoms with E-state index in [1.807, 2.05) is 6.08 Å². The van der Waals surface area contributed by atoms with E-state index in [9.17, 15) is 61.0 Å². The summed E-state index contributed by atoms with van der Waals surface area (Å²) in [5, 5.41) is 121. The van der Waals surface area contributed by atoms with Gasteiger partial charge in [-0.1, -0.05) is 254 Å². The molecule has 0 bridgehead atoms. The summed E-state index contributed by atoms with van der Waals surface area (Å²) >= 11 is 0. The van der Waals surface area contributed by atoms with E-state index in [0.29, 0.717) is 12.8 Å². The SMILES string of the molecule is CCCCCC/C=C\C/C=C\CCCCCCCCCC(=O)NC(COC1OC(CO)C(OC2OC(CO)C(OC3OC(CO)C(O)C(O)C3O)C(O)C2O)C(O)C1O)C(O)/C=C/CC/C=C/CC/C=C/CCCCCCCCCCCCCCCCCCCCCCC. The predicted molar refractivity (Wildman–Crippen MR) is 369 cm³/mol. The molecule has 0 spiro atoms. The summed E-state index contributed by atoms with van der Waals surface area (Å²) in [6.07, 6.45) is 43.6. The van der Waals surface area contributed by atoms with E-state index in [-0.39, 0.29) is 18.9 Å². The molecular formula is C75H135NO18. The lowest BCUT2D eigenvalue weighted by Gasteiger charge is -2.48. The molecular weight excluding hydrogens is 1200 g/mol. The van der Waals surface area contributed by atoms with Gasteiger partial charge in [0, 0.05) is 6.42 Å². The standard InChI is InChI=1S/C75H135NO18/c1-3-5-7-9-11-13-15-17-19-21-23-24-25-26-27-28-29-30-31-32-33-34-35-36-38-40-42-44-46-48-50-52-59(80)58(76-63(81)53-51-49-47-45-43-41-39-37-22-20-18-16-14-12-10-8-6-4-2)57-89-73-69(87)66(84)71(61(55-78)91-73)94-75-70(88)67(85)72(62(56-79)92-75)93-74-68(86)65(83)64(82)60(54-77)90-74/h14,16,20,22,35-36,42,44,50,52,58-62,64-75,77-80,82-88H,3-13,15,17-19,21,23-34,37-41,43,45-49,51,53-57H2,1-2H3,(H,76,81)/b16-14-,22-20-,36-35+,44-42+,52-50+. The summed E-state index contributed by atoms with van der Waals surface area (Å²) in [5.74, 6) is -0.297. The van der Waals surface area contributed by atoms with Gasteiger partial charge in [0.15, 0.2) is 18.9 Å². The first-order valence-corrected chi connectivity index (χ1v) is 37.5. The highest BCUT2D eigenvalue weighted by Crippen LogP contribution is 2.33. The van der Waals surface area contributed by atoms with Gasteiger partial charge in [-0.2, -0.15) is 0 Å². The molecule has 0 saturated carbocycles. The second-order valence-corrected chi connectivity index (χ2v) is 26.7. The van der Waals surface area contributed by atoms with Gasteiger partial charge < -0.3 is 89.9 Å². The number of hydrogen-bond acceptors (Lipinski definition) is 18. The van der Waals surface area contributed by atoms with Crippen molar-refractivity contribution in [1.82, 2.24) is 5.32 Å². The molecule has 3 aliphatic rings. The summed E-state index contributed by atoms with van der Waals surface area (Å²) in [7, 11) is 0. The Balaban J connectivity index is 1.41. The number of amides is 1. The number of unbranched alkanes of at least 4 members (excludes halogenated alkanes) is 34. The lowest BCUT2D eigenvalue weighted by Crippen LogP contribution is -2.66. The lowest BCUT2D eigenvalue weighted by atomic mass is 9.96. The average Bonchev–Trinajstić information content (AvgIpc) is 0.787. The minimum Gasteiger partial charge on any atom is -0.394 e. The third-order valence-corrected chi connectivity index (χ3v) is 18.5. The van der Waals surface area contributed by atoms with Gasteiger partial charge in [-0.3, -0.25) is 4.79 Å². The van der Waals surface area contributed by atoms with Crippen LogP contribution in [0.2, 0.25) is 0 Å². The zero-order chi connectivity index (χ0) is 68.2. The number of hydrogen-bond donors (Lipinski definition) is 12. The van der Waals surface area contributed by atoms with Gasteiger partial charge in [-0.25, -0.2) is 0 Å². The lowest BCUT2D eigenvalue weighted by molar-refractivity contribution is -0.379. The molecule has 548 valence electrons. The van der Waals surface area contributed by atoms with Crippen molar-refractivity contribution in [2.45, 2.75) is 381 Å². The molecule has 17 atom stereocenters. The Morgan fingerprint density at radius 3 is 1.14 bits per heavy atom. The maximum atomic E-state index is 13.4. The minimum absolute atomic E-state index is 0.221. The van der Waals surface area contributed by atoms with Gasteiger partial charge >= 0.3 is 0 Å². The number of ether oxygens (including phenoxy) is 6. The number of carbonyl (C=O) groups is 1. The largest absolute Gasteiger partial charge is 0.394 e. The van der Waals surface area contributed by atoms with Gasteiger partial charge in [0.25, 0.3) is 0 Å². The molecule has 0 aromatic carbocycles. The van der Waals surface area contributed by atoms with Gasteiger partial charge in [-0.05, 0) is 77.0 Å². The number of aliphatic hydroxyl groups excluding tert-OH is 11. The summed E-state index contributed by atoms with van der Waals surface area (Å²) in [5.41, 5.74) is 0. The Bertz CT molecular complexity index is 1940. The van der Waals surface area contributed by atoms with Crippen molar-refractivity contribution in [3.05, 3.63) is 60.8 Å². The summed E-state index contributed by atoms with van der Waals surface area (Å²) in [6, 6.07) is -1.00. The monoisotopic (exact) mass is 1340 g/mol. The van der Waals surface area contributed by atoms with Crippen LogP contribution in [0.4, 0.5) is 0 Å². The van der Waals surface area contributed by atoms with E-state index < -0.39 is 124 Å². The van der Waals surface area contributed by atoms with Crippen LogP contribution >= 0.6 is 0 Å². The van der Waals surface area contributed by atoms with Crippen molar-refractivity contribution in [1.29, 1.82) is 0 Å². The molecule has 3 saturated heterocycles. The molecule has 1 amide bonds. The molecule has 94 heavy (non-hydrogen) atoms. The fourth-order valence-corrected chi connectivity index (χ4v) is 12.4. The van der Waals surface area contributed by atoms with E-state index in [1.54, 1.807) is 6.08 Å². The molecule has 17 unspecified atom stereocenters. The van der Waals surface area contributed by atoms with Crippen LogP contribution in [0, 0.1) is 0 Å². The molecule has 19 heteroatoms. The number of allylic oxidation sites excluding steroid dienone is 9. The topological polar surface area (TPSA) is 307 Å². The highest BCUT2D eigenvalue weighted by atomic mass is 16.8. The Kier molecular flexibility index (Phi) is 51.3. The van der Waals surface area contributed by atoms with Crippen LogP contribution in [-0.4, -0.2) is 193 Å². The fourth-order valence-electron chi connectivity index (χ4n) is 12.4. The molecule has 0 radical (unpaired) electrons. The smallest absolute Gasteiger partial charge is 0.220 e. The van der Waals surface area contributed by atoms with Crippen LogP contribution in [-0.2, 0) is 33.2 Å². The molecule has 0 aromatic heterocycles. The van der Waals surface area contributed by atoms with Crippen LogP contribution in [0.15, 0.2) is 60.8 Å². The zero-order valence-corrected chi connectivity index (χ0v) is 58.2. The van der Waals surface area contributed by atoms with Crippen LogP contribution in [0.3, 0.4) is 0 Å². The molecule has 3 heterocycles. The first-order chi connectivity index (χ1) is 45.8. The zero-order valence-electron chi connectivity index (χ0n) is 58.2. The first-order valence-electron chi connectivity index (χ1n) is 37.5. The Morgan fingerprint density at radius 1 is 0.383 bits per heavy atom. The van der Waals surface area contributed by atoms with E-state index in [0.717, 1.165) is 83.5 Å². The van der Waals surface area contributed by atoms with Gasteiger partial charge in [-0.15, -0.1) is 0 Å². The third-order valence-electron chi connectivity index (χ3n) is 18.5. The van der Waals surface area contributed by atoms with Crippen LogP contribution in [0.25, 0.3) is 0 Å².